The van der Waals surface area contributed by atoms with Crippen LogP contribution in [0.5, 0.6) is 0 Å². The van der Waals surface area contributed by atoms with Crippen LogP contribution in [0.2, 0.25) is 0 Å². The number of carbonyl (C=O) groups excluding carboxylic acids is 2. The van der Waals surface area contributed by atoms with Crippen LogP contribution in [0.25, 0.3) is 0 Å². The highest BCUT2D eigenvalue weighted by atomic mass is 32.2. The van der Waals surface area contributed by atoms with Crippen molar-refractivity contribution in [2.75, 3.05) is 15.4 Å². The SMILES string of the molecule is CC(=O)Nc1ccccc1NS(=O)(=O)c1ccc2c(c1)CC(=O)N2. The molecule has 0 saturated heterocycles. The molecule has 2 aromatic carbocycles. The summed E-state index contributed by atoms with van der Waals surface area (Å²) < 4.78 is 27.6. The van der Waals surface area contributed by atoms with Crippen molar-refractivity contribution in [1.82, 2.24) is 0 Å². The van der Waals surface area contributed by atoms with Gasteiger partial charge in [-0.15, -0.1) is 0 Å². The normalized spacial score (nSPS) is 13.1. The van der Waals surface area contributed by atoms with Gasteiger partial charge < -0.3 is 10.6 Å². The van der Waals surface area contributed by atoms with Crippen LogP contribution in [0.15, 0.2) is 47.4 Å². The summed E-state index contributed by atoms with van der Waals surface area (Å²) in [6.07, 6.45) is 0.154. The summed E-state index contributed by atoms with van der Waals surface area (Å²) in [5.41, 5.74) is 1.89. The third kappa shape index (κ3) is 3.23. The minimum atomic E-state index is -3.85. The zero-order valence-corrected chi connectivity index (χ0v) is 13.6. The summed E-state index contributed by atoms with van der Waals surface area (Å²) >= 11 is 0. The van der Waals surface area contributed by atoms with Gasteiger partial charge in [0.25, 0.3) is 10.0 Å². The van der Waals surface area contributed by atoms with Crippen molar-refractivity contribution < 1.29 is 18.0 Å². The molecule has 124 valence electrons. The van der Waals surface area contributed by atoms with E-state index in [2.05, 4.69) is 15.4 Å². The molecule has 24 heavy (non-hydrogen) atoms. The Labute approximate surface area is 139 Å². The van der Waals surface area contributed by atoms with Crippen LogP contribution in [0.4, 0.5) is 17.1 Å². The molecule has 3 rings (SSSR count). The summed E-state index contributed by atoms with van der Waals surface area (Å²) in [4.78, 5) is 22.7. The second kappa shape index (κ2) is 5.97. The molecule has 0 spiro atoms. The molecule has 2 aromatic rings. The molecule has 7 nitrogen and oxygen atoms in total. The van der Waals surface area contributed by atoms with E-state index in [4.69, 9.17) is 0 Å². The number of benzene rings is 2. The molecule has 0 atom stereocenters. The molecular weight excluding hydrogens is 330 g/mol. The minimum absolute atomic E-state index is 0.0513. The van der Waals surface area contributed by atoms with Crippen molar-refractivity contribution in [3.63, 3.8) is 0 Å². The number of nitrogens with one attached hydrogen (secondary N) is 3. The standard InChI is InChI=1S/C16H15N3O4S/c1-10(20)17-14-4-2-3-5-15(14)19-24(22,23)12-6-7-13-11(8-12)9-16(21)18-13/h2-8,19H,9H2,1H3,(H,17,20)(H,18,21). The fourth-order valence-corrected chi connectivity index (χ4v) is 3.58. The van der Waals surface area contributed by atoms with Crippen molar-refractivity contribution >= 4 is 38.9 Å². The molecule has 0 radical (unpaired) electrons. The lowest BCUT2D eigenvalue weighted by Gasteiger charge is -2.13. The molecule has 0 bridgehead atoms. The quantitative estimate of drug-likeness (QED) is 0.787. The van der Waals surface area contributed by atoms with Crippen molar-refractivity contribution in [3.05, 3.63) is 48.0 Å². The second-order valence-electron chi connectivity index (χ2n) is 5.38. The van der Waals surface area contributed by atoms with Gasteiger partial charge in [-0.1, -0.05) is 12.1 Å². The predicted molar refractivity (Wildman–Crippen MR) is 90.3 cm³/mol. The third-order valence-electron chi connectivity index (χ3n) is 3.49. The molecule has 0 aliphatic carbocycles. The van der Waals surface area contributed by atoms with E-state index in [1.807, 2.05) is 0 Å². The summed E-state index contributed by atoms with van der Waals surface area (Å²) in [7, 11) is -3.85. The molecule has 0 aromatic heterocycles. The number of fused-ring (bicyclic) bond motifs is 1. The van der Waals surface area contributed by atoms with Crippen LogP contribution >= 0.6 is 0 Å². The number of para-hydroxylation sites is 2. The van der Waals surface area contributed by atoms with Crippen molar-refractivity contribution in [1.29, 1.82) is 0 Å². The van der Waals surface area contributed by atoms with E-state index in [0.717, 1.165) is 0 Å². The molecular formula is C16H15N3O4S. The summed E-state index contributed by atoms with van der Waals surface area (Å²) in [6.45, 7) is 1.34. The Bertz CT molecular complexity index is 938. The third-order valence-corrected chi connectivity index (χ3v) is 4.86. The molecule has 2 amide bonds. The molecule has 0 fully saturated rings. The van der Waals surface area contributed by atoms with Gasteiger partial charge in [-0.25, -0.2) is 8.42 Å². The average Bonchev–Trinajstić information content (AvgIpc) is 2.87. The van der Waals surface area contributed by atoms with Crippen LogP contribution in [-0.2, 0) is 26.0 Å². The number of hydrogen-bond acceptors (Lipinski definition) is 4. The number of sulfonamides is 1. The average molecular weight is 345 g/mol. The maximum absolute atomic E-state index is 12.6. The highest BCUT2D eigenvalue weighted by molar-refractivity contribution is 7.92. The van der Waals surface area contributed by atoms with Gasteiger partial charge in [0, 0.05) is 12.6 Å². The van der Waals surface area contributed by atoms with Gasteiger partial charge in [0.15, 0.2) is 0 Å². The topological polar surface area (TPSA) is 104 Å². The monoisotopic (exact) mass is 345 g/mol. The lowest BCUT2D eigenvalue weighted by Crippen LogP contribution is -2.16. The molecule has 8 heteroatoms. The van der Waals surface area contributed by atoms with Gasteiger partial charge in [0.1, 0.15) is 0 Å². The Morgan fingerprint density at radius 1 is 1.12 bits per heavy atom. The van der Waals surface area contributed by atoms with Crippen molar-refractivity contribution in [3.8, 4) is 0 Å². The maximum atomic E-state index is 12.6. The Morgan fingerprint density at radius 2 is 1.83 bits per heavy atom. The van der Waals surface area contributed by atoms with Gasteiger partial charge in [-0.2, -0.15) is 0 Å². The second-order valence-corrected chi connectivity index (χ2v) is 7.06. The zero-order chi connectivity index (χ0) is 17.3. The maximum Gasteiger partial charge on any atom is 0.261 e. The Morgan fingerprint density at radius 3 is 2.54 bits per heavy atom. The first-order chi connectivity index (χ1) is 11.3. The summed E-state index contributed by atoms with van der Waals surface area (Å²) in [6, 6.07) is 11.0. The van der Waals surface area contributed by atoms with E-state index in [0.29, 0.717) is 16.9 Å². The number of carbonyl (C=O) groups is 2. The fourth-order valence-electron chi connectivity index (χ4n) is 2.45. The number of anilines is 3. The van der Waals surface area contributed by atoms with E-state index < -0.39 is 10.0 Å². The first-order valence-corrected chi connectivity index (χ1v) is 8.66. The van der Waals surface area contributed by atoms with Gasteiger partial charge in [-0.05, 0) is 35.9 Å². The van der Waals surface area contributed by atoms with Crippen LogP contribution in [0.1, 0.15) is 12.5 Å². The predicted octanol–water partition coefficient (Wildman–Crippen LogP) is 1.94. The van der Waals surface area contributed by atoms with Crippen LogP contribution < -0.4 is 15.4 Å². The highest BCUT2D eigenvalue weighted by Gasteiger charge is 2.22. The number of amides is 2. The Balaban J connectivity index is 1.92. The largest absolute Gasteiger partial charge is 0.326 e. The Hall–Kier alpha value is -2.87. The molecule has 3 N–H and O–H groups in total. The van der Waals surface area contributed by atoms with Crippen molar-refractivity contribution in [2.45, 2.75) is 18.2 Å². The van der Waals surface area contributed by atoms with Gasteiger partial charge in [-0.3, -0.25) is 14.3 Å². The van der Waals surface area contributed by atoms with Gasteiger partial charge >= 0.3 is 0 Å². The number of hydrogen-bond donors (Lipinski definition) is 3. The molecule has 1 aliphatic heterocycles. The minimum Gasteiger partial charge on any atom is -0.326 e. The van der Waals surface area contributed by atoms with Crippen LogP contribution in [0, 0.1) is 0 Å². The molecule has 0 saturated carbocycles. The van der Waals surface area contributed by atoms with E-state index in [1.54, 1.807) is 30.3 Å². The smallest absolute Gasteiger partial charge is 0.261 e. The van der Waals surface area contributed by atoms with Crippen molar-refractivity contribution in [2.24, 2.45) is 0 Å². The highest BCUT2D eigenvalue weighted by Crippen LogP contribution is 2.28. The van der Waals surface area contributed by atoms with E-state index in [1.165, 1.54) is 19.1 Å². The van der Waals surface area contributed by atoms with Crippen LogP contribution in [-0.4, -0.2) is 20.2 Å². The molecule has 1 aliphatic rings. The summed E-state index contributed by atoms with van der Waals surface area (Å²) in [5.74, 6) is -0.465. The van der Waals surface area contributed by atoms with Crippen LogP contribution in [0.3, 0.4) is 0 Å². The fraction of sp³-hybridized carbons (Fsp3) is 0.125. The Kier molecular flexibility index (Phi) is 3.98. The van der Waals surface area contributed by atoms with E-state index >= 15 is 0 Å². The zero-order valence-electron chi connectivity index (χ0n) is 12.8. The van der Waals surface area contributed by atoms with E-state index in [9.17, 15) is 18.0 Å². The van der Waals surface area contributed by atoms with E-state index in [-0.39, 0.29) is 28.8 Å². The first kappa shape index (κ1) is 16.0. The lowest BCUT2D eigenvalue weighted by atomic mass is 10.2. The van der Waals surface area contributed by atoms with Gasteiger partial charge in [0.05, 0.1) is 22.7 Å². The lowest BCUT2D eigenvalue weighted by molar-refractivity contribution is -0.115. The molecule has 0 unspecified atom stereocenters. The summed E-state index contributed by atoms with van der Waals surface area (Å²) in [5, 5.41) is 5.23. The van der Waals surface area contributed by atoms with Gasteiger partial charge in [0.2, 0.25) is 11.8 Å². The first-order valence-electron chi connectivity index (χ1n) is 7.17. The molecule has 1 heterocycles. The number of rotatable bonds is 4.